The van der Waals surface area contributed by atoms with Crippen molar-refractivity contribution in [3.63, 3.8) is 0 Å². The topological polar surface area (TPSA) is 74.4 Å². The molecule has 0 atom stereocenters. The van der Waals surface area contributed by atoms with Gasteiger partial charge in [0.15, 0.2) is 0 Å². The summed E-state index contributed by atoms with van der Waals surface area (Å²) >= 11 is 0. The van der Waals surface area contributed by atoms with Gasteiger partial charge in [0, 0.05) is 11.8 Å². The molecule has 0 unspecified atom stereocenters. The van der Waals surface area contributed by atoms with Crippen LogP contribution in [0.4, 0.5) is 0 Å². The third-order valence-electron chi connectivity index (χ3n) is 3.28. The minimum Gasteiger partial charge on any atom is -0.313 e. The summed E-state index contributed by atoms with van der Waals surface area (Å²) in [6.45, 7) is 0. The summed E-state index contributed by atoms with van der Waals surface area (Å²) in [6, 6.07) is 3.90. The first kappa shape index (κ1) is 8.69. The largest absolute Gasteiger partial charge is 0.313 e. The predicted octanol–water partition coefficient (Wildman–Crippen LogP) is 1.22. The fourth-order valence-electron chi connectivity index (χ4n) is 2.52. The summed E-state index contributed by atoms with van der Waals surface area (Å²) in [7, 11) is 0. The van der Waals surface area contributed by atoms with Gasteiger partial charge in [-0.15, -0.1) is 0 Å². The molecule has 4 rings (SSSR count). The second-order valence-corrected chi connectivity index (χ2v) is 4.15. The number of aromatic nitrogens is 4. The van der Waals surface area contributed by atoms with Gasteiger partial charge in [-0.25, -0.2) is 4.98 Å². The van der Waals surface area contributed by atoms with Crippen LogP contribution in [0.25, 0.3) is 22.0 Å². The Morgan fingerprint density at radius 2 is 2.24 bits per heavy atom. The number of H-pyrrole nitrogens is 2. The number of nitrogens with one attached hydrogen (secondary N) is 2. The van der Waals surface area contributed by atoms with Gasteiger partial charge in [0.1, 0.15) is 0 Å². The number of fused-ring (bicyclic) bond motifs is 5. The number of aromatic amines is 2. The minimum absolute atomic E-state index is 0.0726. The number of rotatable bonds is 0. The molecule has 5 heteroatoms. The number of hydrogen-bond acceptors (Lipinski definition) is 3. The summed E-state index contributed by atoms with van der Waals surface area (Å²) in [5, 5.41) is 8.04. The average molecular weight is 224 g/mol. The van der Waals surface area contributed by atoms with Gasteiger partial charge in [0.05, 0.1) is 29.3 Å². The Balaban J connectivity index is 2.17. The molecule has 0 saturated heterocycles. The van der Waals surface area contributed by atoms with Crippen molar-refractivity contribution in [2.45, 2.75) is 6.42 Å². The highest BCUT2D eigenvalue weighted by Crippen LogP contribution is 2.36. The van der Waals surface area contributed by atoms with E-state index in [-0.39, 0.29) is 5.56 Å². The van der Waals surface area contributed by atoms with E-state index in [4.69, 9.17) is 0 Å². The molecule has 0 fully saturated rings. The van der Waals surface area contributed by atoms with Gasteiger partial charge in [-0.2, -0.15) is 5.10 Å². The molecule has 3 aromatic rings. The van der Waals surface area contributed by atoms with Gasteiger partial charge in [0.25, 0.3) is 5.56 Å². The zero-order valence-electron chi connectivity index (χ0n) is 8.82. The molecule has 2 N–H and O–H groups in total. The molecule has 0 bridgehead atoms. The van der Waals surface area contributed by atoms with E-state index in [1.165, 1.54) is 6.33 Å². The van der Waals surface area contributed by atoms with Crippen LogP contribution in [0.15, 0.2) is 29.5 Å². The Morgan fingerprint density at radius 1 is 1.29 bits per heavy atom. The van der Waals surface area contributed by atoms with E-state index >= 15 is 0 Å². The first-order valence-electron chi connectivity index (χ1n) is 5.36. The normalized spacial score (nSPS) is 12.7. The Bertz CT molecular complexity index is 800. The Labute approximate surface area is 95.5 Å². The van der Waals surface area contributed by atoms with Crippen molar-refractivity contribution in [3.05, 3.63) is 46.3 Å². The van der Waals surface area contributed by atoms with Gasteiger partial charge in [-0.3, -0.25) is 9.89 Å². The molecule has 0 aliphatic heterocycles. The molecule has 1 aliphatic rings. The van der Waals surface area contributed by atoms with Crippen LogP contribution < -0.4 is 5.56 Å². The van der Waals surface area contributed by atoms with E-state index in [1.807, 2.05) is 12.1 Å². The van der Waals surface area contributed by atoms with Crippen LogP contribution in [-0.2, 0) is 6.42 Å². The third-order valence-corrected chi connectivity index (χ3v) is 3.28. The molecule has 2 heterocycles. The quantitative estimate of drug-likeness (QED) is 0.471. The van der Waals surface area contributed by atoms with Crippen LogP contribution in [0, 0.1) is 0 Å². The molecule has 1 aromatic carbocycles. The molecule has 0 radical (unpaired) electrons. The first-order valence-corrected chi connectivity index (χ1v) is 5.36. The Morgan fingerprint density at radius 3 is 3.18 bits per heavy atom. The van der Waals surface area contributed by atoms with Gasteiger partial charge in [-0.05, 0) is 17.2 Å². The molecule has 0 saturated carbocycles. The van der Waals surface area contributed by atoms with E-state index < -0.39 is 0 Å². The number of nitrogens with zero attached hydrogens (tertiary/aromatic N) is 2. The summed E-state index contributed by atoms with van der Waals surface area (Å²) in [5.74, 6) is 0. The van der Waals surface area contributed by atoms with E-state index in [0.717, 1.165) is 27.7 Å². The van der Waals surface area contributed by atoms with E-state index in [9.17, 15) is 4.79 Å². The lowest BCUT2D eigenvalue weighted by Crippen LogP contribution is -2.09. The summed E-state index contributed by atoms with van der Waals surface area (Å²) in [6.07, 6.45) is 3.96. The maximum atomic E-state index is 11.8. The zero-order valence-corrected chi connectivity index (χ0v) is 8.82. The first-order chi connectivity index (χ1) is 8.34. The summed E-state index contributed by atoms with van der Waals surface area (Å²) in [5.41, 5.74) is 4.58. The van der Waals surface area contributed by atoms with Gasteiger partial charge >= 0.3 is 0 Å². The second kappa shape index (κ2) is 2.82. The fourth-order valence-corrected chi connectivity index (χ4v) is 2.52. The van der Waals surface area contributed by atoms with Gasteiger partial charge < -0.3 is 4.98 Å². The van der Waals surface area contributed by atoms with E-state index in [2.05, 4.69) is 20.2 Å². The molecular weight excluding hydrogens is 216 g/mol. The summed E-state index contributed by atoms with van der Waals surface area (Å²) in [4.78, 5) is 18.7. The molecular formula is C12H8N4O. The highest BCUT2D eigenvalue weighted by molar-refractivity contribution is 5.92. The van der Waals surface area contributed by atoms with Crippen LogP contribution in [0.1, 0.15) is 11.3 Å². The van der Waals surface area contributed by atoms with Crippen molar-refractivity contribution >= 4 is 10.9 Å². The molecule has 82 valence electrons. The molecule has 2 aromatic heterocycles. The smallest absolute Gasteiger partial charge is 0.258 e. The maximum Gasteiger partial charge on any atom is 0.258 e. The maximum absolute atomic E-state index is 11.8. The Hall–Kier alpha value is -2.43. The lowest BCUT2D eigenvalue weighted by Gasteiger charge is -1.99. The molecule has 0 spiro atoms. The fraction of sp³-hybridized carbons (Fsp3) is 0.0833. The van der Waals surface area contributed by atoms with Crippen molar-refractivity contribution in [1.29, 1.82) is 0 Å². The van der Waals surface area contributed by atoms with Crippen molar-refractivity contribution in [2.24, 2.45) is 0 Å². The summed E-state index contributed by atoms with van der Waals surface area (Å²) < 4.78 is 0. The molecule has 17 heavy (non-hydrogen) atoms. The monoisotopic (exact) mass is 224 g/mol. The standard InChI is InChI=1S/C12H8N4O/c17-12-11-6-1-2-9-8(4-15-16-9)7(6)3-10(11)13-5-14-12/h1-2,4-5H,3H2,(H,15,16)(H,13,14,17). The van der Waals surface area contributed by atoms with Crippen LogP contribution >= 0.6 is 0 Å². The van der Waals surface area contributed by atoms with Crippen molar-refractivity contribution in [1.82, 2.24) is 20.2 Å². The SMILES string of the molecule is O=c1[nH]cnc2c1-c1ccc3[nH]ncc3c1C2. The Kier molecular flexibility index (Phi) is 1.44. The van der Waals surface area contributed by atoms with Crippen LogP contribution in [0.5, 0.6) is 0 Å². The van der Waals surface area contributed by atoms with Crippen molar-refractivity contribution in [2.75, 3.05) is 0 Å². The van der Waals surface area contributed by atoms with Crippen molar-refractivity contribution < 1.29 is 0 Å². The average Bonchev–Trinajstić information content (AvgIpc) is 2.91. The molecule has 5 nitrogen and oxygen atoms in total. The second-order valence-electron chi connectivity index (χ2n) is 4.15. The van der Waals surface area contributed by atoms with E-state index in [0.29, 0.717) is 12.0 Å². The lowest BCUT2D eigenvalue weighted by molar-refractivity contribution is 1.04. The number of hydrogen-bond donors (Lipinski definition) is 2. The van der Waals surface area contributed by atoms with Crippen molar-refractivity contribution in [3.8, 4) is 11.1 Å². The lowest BCUT2D eigenvalue weighted by atomic mass is 10.0. The molecule has 0 amide bonds. The van der Waals surface area contributed by atoms with Gasteiger partial charge in [0.2, 0.25) is 0 Å². The van der Waals surface area contributed by atoms with E-state index in [1.54, 1.807) is 6.20 Å². The molecule has 1 aliphatic carbocycles. The third kappa shape index (κ3) is 1.00. The minimum atomic E-state index is -0.0726. The zero-order chi connectivity index (χ0) is 11.4. The predicted molar refractivity (Wildman–Crippen MR) is 62.8 cm³/mol. The van der Waals surface area contributed by atoms with Crippen LogP contribution in [0.2, 0.25) is 0 Å². The highest BCUT2D eigenvalue weighted by Gasteiger charge is 2.24. The van der Waals surface area contributed by atoms with Gasteiger partial charge in [-0.1, -0.05) is 6.07 Å². The number of benzene rings is 1. The highest BCUT2D eigenvalue weighted by atomic mass is 16.1. The van der Waals surface area contributed by atoms with Crippen LogP contribution in [0.3, 0.4) is 0 Å². The van der Waals surface area contributed by atoms with Crippen LogP contribution in [-0.4, -0.2) is 20.2 Å².